The molecule has 0 radical (unpaired) electrons. The predicted molar refractivity (Wildman–Crippen MR) is 63.1 cm³/mol. The number of carboxylic acids is 1. The molecule has 94 valence electrons. The maximum Gasteiger partial charge on any atom is 0.318 e. The number of carboxylic acid groups (broad SMARTS) is 1. The fourth-order valence-electron chi connectivity index (χ4n) is 1.60. The van der Waals surface area contributed by atoms with Crippen LogP contribution in [0.5, 0.6) is 0 Å². The van der Waals surface area contributed by atoms with Crippen molar-refractivity contribution >= 4 is 11.9 Å². The van der Waals surface area contributed by atoms with E-state index in [2.05, 4.69) is 19.2 Å². The van der Waals surface area contributed by atoms with Gasteiger partial charge in [-0.25, -0.2) is 0 Å². The maximum atomic E-state index is 11.8. The second kappa shape index (κ2) is 5.87. The molecule has 0 aliphatic heterocycles. The van der Waals surface area contributed by atoms with Crippen molar-refractivity contribution in [1.29, 1.82) is 0 Å². The van der Waals surface area contributed by atoms with Crippen LogP contribution in [0.1, 0.15) is 47.5 Å². The first-order valence-corrected chi connectivity index (χ1v) is 5.81. The van der Waals surface area contributed by atoms with Crippen LogP contribution in [0.2, 0.25) is 0 Å². The molecular formula is C12H23NO3. The number of hydrogen-bond donors (Lipinski definition) is 2. The Morgan fingerprint density at radius 3 is 2.00 bits per heavy atom. The molecule has 2 N–H and O–H groups in total. The van der Waals surface area contributed by atoms with E-state index in [1.54, 1.807) is 0 Å². The van der Waals surface area contributed by atoms with Gasteiger partial charge in [-0.15, -0.1) is 0 Å². The molecule has 0 aromatic rings. The van der Waals surface area contributed by atoms with Gasteiger partial charge in [-0.3, -0.25) is 9.59 Å². The lowest BCUT2D eigenvalue weighted by atomic mass is 9.90. The molecule has 0 saturated carbocycles. The molecular weight excluding hydrogens is 206 g/mol. The largest absolute Gasteiger partial charge is 0.480 e. The molecule has 0 heterocycles. The third-order valence-electron chi connectivity index (χ3n) is 3.22. The Hall–Kier alpha value is -1.06. The van der Waals surface area contributed by atoms with Crippen LogP contribution in [0.3, 0.4) is 0 Å². The molecule has 0 aliphatic rings. The summed E-state index contributed by atoms with van der Waals surface area (Å²) in [5, 5.41) is 11.7. The first-order valence-electron chi connectivity index (χ1n) is 5.81. The van der Waals surface area contributed by atoms with Gasteiger partial charge in [-0.2, -0.15) is 0 Å². The van der Waals surface area contributed by atoms with Crippen molar-refractivity contribution in [3.63, 3.8) is 0 Å². The van der Waals surface area contributed by atoms with Crippen molar-refractivity contribution in [1.82, 2.24) is 5.32 Å². The van der Waals surface area contributed by atoms with Crippen molar-refractivity contribution < 1.29 is 14.7 Å². The molecule has 0 bridgehead atoms. The molecule has 1 atom stereocenters. The molecule has 0 spiro atoms. The van der Waals surface area contributed by atoms with Crippen LogP contribution in [0.15, 0.2) is 0 Å². The lowest BCUT2D eigenvalue weighted by molar-refractivity contribution is -0.153. The van der Waals surface area contributed by atoms with E-state index in [0.29, 0.717) is 5.92 Å². The topological polar surface area (TPSA) is 66.4 Å². The van der Waals surface area contributed by atoms with Gasteiger partial charge in [0.2, 0.25) is 5.91 Å². The Morgan fingerprint density at radius 2 is 1.69 bits per heavy atom. The van der Waals surface area contributed by atoms with Gasteiger partial charge in [-0.1, -0.05) is 26.7 Å². The summed E-state index contributed by atoms with van der Waals surface area (Å²) in [5.74, 6) is -1.12. The third-order valence-corrected chi connectivity index (χ3v) is 3.22. The Balaban J connectivity index is 4.51. The SMILES string of the molecule is CCC(CC)C(C)NC(=O)C(C)(C)C(=O)O. The van der Waals surface area contributed by atoms with Crippen molar-refractivity contribution in [2.75, 3.05) is 0 Å². The second-order valence-corrected chi connectivity index (χ2v) is 4.77. The van der Waals surface area contributed by atoms with Crippen LogP contribution in [0, 0.1) is 11.3 Å². The van der Waals surface area contributed by atoms with Gasteiger partial charge in [0.1, 0.15) is 5.41 Å². The number of carbonyl (C=O) groups excluding carboxylic acids is 1. The quantitative estimate of drug-likeness (QED) is 0.685. The summed E-state index contributed by atoms with van der Waals surface area (Å²) in [7, 11) is 0. The smallest absolute Gasteiger partial charge is 0.318 e. The summed E-state index contributed by atoms with van der Waals surface area (Å²) in [6.07, 6.45) is 1.96. The van der Waals surface area contributed by atoms with E-state index >= 15 is 0 Å². The van der Waals surface area contributed by atoms with E-state index in [-0.39, 0.29) is 6.04 Å². The van der Waals surface area contributed by atoms with E-state index in [1.807, 2.05) is 6.92 Å². The van der Waals surface area contributed by atoms with Crippen molar-refractivity contribution in [3.8, 4) is 0 Å². The van der Waals surface area contributed by atoms with Crippen LogP contribution in [0.4, 0.5) is 0 Å². The zero-order chi connectivity index (χ0) is 12.9. The predicted octanol–water partition coefficient (Wildman–Crippen LogP) is 2.04. The van der Waals surface area contributed by atoms with Crippen molar-refractivity contribution in [3.05, 3.63) is 0 Å². The summed E-state index contributed by atoms with van der Waals surface area (Å²) >= 11 is 0. The highest BCUT2D eigenvalue weighted by Crippen LogP contribution is 2.18. The summed E-state index contributed by atoms with van der Waals surface area (Å²) in [6, 6.07) is 0.0149. The number of hydrogen-bond acceptors (Lipinski definition) is 2. The standard InChI is InChI=1S/C12H23NO3/c1-6-9(7-2)8(3)13-10(14)12(4,5)11(15)16/h8-9H,6-7H2,1-5H3,(H,13,14)(H,15,16). The summed E-state index contributed by atoms with van der Waals surface area (Å²) in [5.41, 5.74) is -1.36. The van der Waals surface area contributed by atoms with Crippen molar-refractivity contribution in [2.45, 2.75) is 53.5 Å². The van der Waals surface area contributed by atoms with Crippen LogP contribution < -0.4 is 5.32 Å². The molecule has 1 amide bonds. The first-order chi connectivity index (χ1) is 7.27. The van der Waals surface area contributed by atoms with E-state index in [9.17, 15) is 9.59 Å². The minimum Gasteiger partial charge on any atom is -0.480 e. The van der Waals surface area contributed by atoms with Gasteiger partial charge in [0, 0.05) is 6.04 Å². The Bertz CT molecular complexity index is 257. The monoisotopic (exact) mass is 229 g/mol. The average Bonchev–Trinajstić information content (AvgIpc) is 2.18. The number of nitrogens with one attached hydrogen (secondary N) is 1. The molecule has 16 heavy (non-hydrogen) atoms. The highest BCUT2D eigenvalue weighted by molar-refractivity contribution is 6.01. The second-order valence-electron chi connectivity index (χ2n) is 4.77. The minimum absolute atomic E-state index is 0.0149. The van der Waals surface area contributed by atoms with Gasteiger partial charge in [0.25, 0.3) is 0 Å². The molecule has 0 aromatic heterocycles. The Morgan fingerprint density at radius 1 is 1.25 bits per heavy atom. The van der Waals surface area contributed by atoms with E-state index in [1.165, 1.54) is 13.8 Å². The fraction of sp³-hybridized carbons (Fsp3) is 0.833. The normalized spacial score (nSPS) is 13.6. The van der Waals surface area contributed by atoms with E-state index in [4.69, 9.17) is 5.11 Å². The van der Waals surface area contributed by atoms with Gasteiger partial charge in [0.05, 0.1) is 0 Å². The molecule has 0 saturated heterocycles. The molecule has 0 fully saturated rings. The molecule has 0 aromatic carbocycles. The zero-order valence-corrected chi connectivity index (χ0v) is 10.8. The minimum atomic E-state index is -1.36. The number of carbonyl (C=O) groups is 2. The highest BCUT2D eigenvalue weighted by atomic mass is 16.4. The summed E-state index contributed by atoms with van der Waals surface area (Å²) in [4.78, 5) is 22.7. The lowest BCUT2D eigenvalue weighted by Gasteiger charge is -2.26. The third kappa shape index (κ3) is 3.51. The van der Waals surface area contributed by atoms with Gasteiger partial charge < -0.3 is 10.4 Å². The van der Waals surface area contributed by atoms with Crippen LogP contribution >= 0.6 is 0 Å². The van der Waals surface area contributed by atoms with Crippen LogP contribution in [0.25, 0.3) is 0 Å². The number of rotatable bonds is 6. The first kappa shape index (κ1) is 14.9. The van der Waals surface area contributed by atoms with Gasteiger partial charge >= 0.3 is 5.97 Å². The highest BCUT2D eigenvalue weighted by Gasteiger charge is 2.36. The average molecular weight is 229 g/mol. The fourth-order valence-corrected chi connectivity index (χ4v) is 1.60. The maximum absolute atomic E-state index is 11.8. The summed E-state index contributed by atoms with van der Waals surface area (Å²) < 4.78 is 0. The molecule has 4 heteroatoms. The Kier molecular flexibility index (Phi) is 5.48. The molecule has 4 nitrogen and oxygen atoms in total. The van der Waals surface area contributed by atoms with Crippen LogP contribution in [-0.4, -0.2) is 23.0 Å². The molecule has 0 aliphatic carbocycles. The van der Waals surface area contributed by atoms with Gasteiger partial charge in [0.15, 0.2) is 0 Å². The molecule has 1 unspecified atom stereocenters. The Labute approximate surface area is 97.4 Å². The number of aliphatic carboxylic acids is 1. The van der Waals surface area contributed by atoms with Crippen LogP contribution in [-0.2, 0) is 9.59 Å². The number of amides is 1. The van der Waals surface area contributed by atoms with Gasteiger partial charge in [-0.05, 0) is 26.7 Å². The van der Waals surface area contributed by atoms with E-state index in [0.717, 1.165) is 12.8 Å². The zero-order valence-electron chi connectivity index (χ0n) is 10.8. The van der Waals surface area contributed by atoms with Crippen molar-refractivity contribution in [2.24, 2.45) is 11.3 Å². The summed E-state index contributed by atoms with van der Waals surface area (Å²) in [6.45, 7) is 8.90. The lowest BCUT2D eigenvalue weighted by Crippen LogP contribution is -2.47. The van der Waals surface area contributed by atoms with E-state index < -0.39 is 17.3 Å². The molecule has 0 rings (SSSR count).